The number of hydrogen-bond acceptors (Lipinski definition) is 5. The van der Waals surface area contributed by atoms with Gasteiger partial charge in [0.2, 0.25) is 12.7 Å². The largest absolute Gasteiger partial charge is 0.480 e. The lowest BCUT2D eigenvalue weighted by Crippen LogP contribution is -2.38. The average molecular weight is 432 g/mol. The molecule has 0 radical (unpaired) electrons. The van der Waals surface area contributed by atoms with Crippen LogP contribution in [0.1, 0.15) is 0 Å². The number of hydrogen-bond donors (Lipinski definition) is 0. The van der Waals surface area contributed by atoms with Crippen LogP contribution in [0.15, 0.2) is 23.3 Å². The monoisotopic (exact) mass is 432 g/mol. The Kier molecular flexibility index (Phi) is 6.90. The van der Waals surface area contributed by atoms with Gasteiger partial charge in [0.1, 0.15) is 0 Å². The Morgan fingerprint density at radius 2 is 1.24 bits per heavy atom. The summed E-state index contributed by atoms with van der Waals surface area (Å²) < 4.78 is 149. The molecular formula is C7H5F9N2O5S2. The second-order valence-corrected chi connectivity index (χ2v) is 7.15. The molecule has 0 aliphatic carbocycles. The molecule has 25 heavy (non-hydrogen) atoms. The number of aromatic nitrogens is 1. The van der Waals surface area contributed by atoms with Crippen LogP contribution in [0.3, 0.4) is 0 Å². The Hall–Kier alpha value is -1.56. The first-order valence-corrected chi connectivity index (χ1v) is 8.01. The van der Waals surface area contributed by atoms with Crippen LogP contribution in [-0.4, -0.2) is 34.0 Å². The maximum absolute atomic E-state index is 11.6. The number of sulfonamides is 2. The summed E-state index contributed by atoms with van der Waals surface area (Å²) in [6.07, 6.45) is -0.763. The minimum atomic E-state index is -6.72. The van der Waals surface area contributed by atoms with Gasteiger partial charge in [-0.15, -0.1) is 0 Å². The highest BCUT2D eigenvalue weighted by Gasteiger charge is 2.46. The van der Waals surface area contributed by atoms with Crippen LogP contribution in [0.25, 0.3) is 4.13 Å². The van der Waals surface area contributed by atoms with Crippen molar-refractivity contribution in [3.63, 3.8) is 0 Å². The maximum Gasteiger partial charge on any atom is 0.480 e. The first-order chi connectivity index (χ1) is 10.8. The van der Waals surface area contributed by atoms with Gasteiger partial charge in [0.25, 0.3) is 0 Å². The summed E-state index contributed by atoms with van der Waals surface area (Å²) in [6, 6.07) is 0. The molecular weight excluding hydrogens is 427 g/mol. The third kappa shape index (κ3) is 7.90. The molecule has 0 saturated heterocycles. The summed E-state index contributed by atoms with van der Waals surface area (Å²) in [5.74, 6) is 0. The second kappa shape index (κ2) is 7.36. The van der Waals surface area contributed by atoms with Crippen LogP contribution in [0.2, 0.25) is 0 Å². The van der Waals surface area contributed by atoms with Crippen molar-refractivity contribution in [3.05, 3.63) is 23.0 Å². The minimum Gasteiger partial charge on any atom is -0.421 e. The Balaban J connectivity index is 0.000000496. The van der Waals surface area contributed by atoms with E-state index in [0.29, 0.717) is 0 Å². The number of alkyl halides is 9. The molecule has 18 heteroatoms. The van der Waals surface area contributed by atoms with E-state index in [4.69, 9.17) is 0 Å². The van der Waals surface area contributed by atoms with E-state index >= 15 is 0 Å². The molecule has 0 unspecified atom stereocenters. The van der Waals surface area contributed by atoms with Crippen molar-refractivity contribution in [1.29, 1.82) is 0 Å². The number of nitrogens with zero attached hydrogens (tertiary/aromatic N) is 2. The van der Waals surface area contributed by atoms with Crippen molar-refractivity contribution in [2.75, 3.05) is 0 Å². The lowest BCUT2D eigenvalue weighted by molar-refractivity contribution is -0.721. The van der Waals surface area contributed by atoms with Crippen LogP contribution < -0.4 is 4.57 Å². The molecule has 0 N–H and O–H groups in total. The predicted molar refractivity (Wildman–Crippen MR) is 58.3 cm³/mol. The van der Waals surface area contributed by atoms with E-state index in [9.17, 15) is 56.3 Å². The van der Waals surface area contributed by atoms with Crippen LogP contribution in [0.5, 0.6) is 0 Å². The molecule has 0 aliphatic heterocycles. The van der Waals surface area contributed by atoms with E-state index in [2.05, 4.69) is 4.42 Å². The molecule has 7 nitrogen and oxygen atoms in total. The van der Waals surface area contributed by atoms with Gasteiger partial charge in [-0.2, -0.15) is 44.1 Å². The Bertz CT molecular complexity index is 704. The van der Waals surface area contributed by atoms with E-state index in [1.165, 1.54) is 12.5 Å². The van der Waals surface area contributed by atoms with Gasteiger partial charge in [0.15, 0.2) is 26.3 Å². The molecule has 0 spiro atoms. The first-order valence-electron chi connectivity index (χ1n) is 5.13. The highest BCUT2D eigenvalue weighted by Crippen LogP contribution is 2.36. The molecule has 0 bridgehead atoms. The Morgan fingerprint density at radius 1 is 0.840 bits per heavy atom. The van der Waals surface area contributed by atoms with Crippen LogP contribution >= 0.6 is 0 Å². The van der Waals surface area contributed by atoms with Crippen molar-refractivity contribution < 1.29 is 65.3 Å². The van der Waals surface area contributed by atoms with Gasteiger partial charge in [-0.05, 0) is 0 Å². The van der Waals surface area contributed by atoms with Crippen molar-refractivity contribution in [2.45, 2.75) is 23.7 Å². The zero-order valence-electron chi connectivity index (χ0n) is 11.1. The van der Waals surface area contributed by atoms with Gasteiger partial charge < -0.3 is 8.54 Å². The topological polar surface area (TPSA) is 99.4 Å². The quantitative estimate of drug-likeness (QED) is 0.539. The van der Waals surface area contributed by atoms with E-state index in [1.807, 2.05) is 0 Å². The molecule has 0 atom stereocenters. The zero-order valence-corrected chi connectivity index (χ0v) is 12.7. The summed E-state index contributed by atoms with van der Waals surface area (Å²) in [7, 11) is -13.4. The molecule has 1 heterocycles. The van der Waals surface area contributed by atoms with E-state index < -0.39 is 43.8 Å². The number of halogens is 9. The number of oxazole rings is 1. The molecule has 0 amide bonds. The fourth-order valence-electron chi connectivity index (χ4n) is 0.772. The fourth-order valence-corrected chi connectivity index (χ4v) is 2.48. The van der Waals surface area contributed by atoms with Crippen LogP contribution in [0, 0.1) is 0 Å². The Labute approximate surface area is 133 Å². The lowest BCUT2D eigenvalue weighted by Gasteiger charge is -2.22. The summed E-state index contributed by atoms with van der Waals surface area (Å²) in [5, 5.41) is 0. The van der Waals surface area contributed by atoms with E-state index in [0.717, 1.165) is 15.1 Å². The molecule has 0 aliphatic rings. The first kappa shape index (κ1) is 23.4. The molecule has 0 saturated carbocycles. The molecule has 1 rings (SSSR count). The summed E-state index contributed by atoms with van der Waals surface area (Å²) in [4.78, 5) is 0. The summed E-state index contributed by atoms with van der Waals surface area (Å²) in [6.45, 7) is -0.997. The lowest BCUT2D eigenvalue weighted by atomic mass is 10.6. The highest BCUT2D eigenvalue weighted by atomic mass is 32.3. The SMILES string of the molecule is FC(F)(F)C[n+]1ccoc1.O=S(=O)([N-]S(=O)(=O)C(F)(F)F)C(F)(F)F. The number of rotatable bonds is 3. The summed E-state index contributed by atoms with van der Waals surface area (Å²) >= 11 is 0. The average Bonchev–Trinajstić information content (AvgIpc) is 2.75. The molecule has 148 valence electrons. The summed E-state index contributed by atoms with van der Waals surface area (Å²) in [5.41, 5.74) is -12.4. The standard InChI is InChI=1S/C5H5F3NO.C2F6NO4S2/c6-5(7,8)3-9-1-2-10-4-9;3-1(4,5)14(10,11)9-15(12,13)2(6,7)8/h1-2,4H,3H2;/q+1;-1. The molecule has 1 aromatic rings. The van der Waals surface area contributed by atoms with Gasteiger partial charge in [-0.3, -0.25) is 0 Å². The Morgan fingerprint density at radius 3 is 1.48 bits per heavy atom. The maximum atomic E-state index is 11.6. The van der Waals surface area contributed by atoms with Gasteiger partial charge in [-0.25, -0.2) is 16.8 Å². The van der Waals surface area contributed by atoms with Gasteiger partial charge >= 0.3 is 23.6 Å². The van der Waals surface area contributed by atoms with Gasteiger partial charge in [-0.1, -0.05) is 0 Å². The fraction of sp³-hybridized carbons (Fsp3) is 0.571. The highest BCUT2D eigenvalue weighted by molar-refractivity contribution is 8.13. The molecule has 1 aromatic heterocycles. The van der Waals surface area contributed by atoms with Crippen molar-refractivity contribution in [3.8, 4) is 0 Å². The molecule has 0 fully saturated rings. The van der Waals surface area contributed by atoms with Crippen molar-refractivity contribution >= 4 is 20.0 Å². The van der Waals surface area contributed by atoms with Gasteiger partial charge in [0, 0.05) is 0 Å². The third-order valence-corrected chi connectivity index (χ3v) is 4.41. The third-order valence-electron chi connectivity index (χ3n) is 1.67. The normalized spacial score (nSPS) is 14.0. The molecule has 0 aromatic carbocycles. The second-order valence-electron chi connectivity index (χ2n) is 3.73. The van der Waals surface area contributed by atoms with Crippen LogP contribution in [-0.2, 0) is 26.6 Å². The van der Waals surface area contributed by atoms with Crippen LogP contribution in [0.4, 0.5) is 39.5 Å². The van der Waals surface area contributed by atoms with Gasteiger partial charge in [0.05, 0.1) is 0 Å². The minimum absolute atomic E-state index is 0.778. The van der Waals surface area contributed by atoms with Crippen molar-refractivity contribution in [1.82, 2.24) is 0 Å². The predicted octanol–water partition coefficient (Wildman–Crippen LogP) is 2.19. The van der Waals surface area contributed by atoms with E-state index in [-0.39, 0.29) is 0 Å². The smallest absolute Gasteiger partial charge is 0.421 e. The van der Waals surface area contributed by atoms with Crippen molar-refractivity contribution in [2.24, 2.45) is 0 Å². The van der Waals surface area contributed by atoms with E-state index in [1.54, 1.807) is 0 Å². The zero-order chi connectivity index (χ0) is 20.3.